The van der Waals surface area contributed by atoms with Gasteiger partial charge in [0.1, 0.15) is 0 Å². The zero-order valence-corrected chi connectivity index (χ0v) is 8.16. The minimum Gasteiger partial charge on any atom is -0.289 e. The molecule has 1 aromatic heterocycles. The molecule has 1 aromatic rings. The Morgan fingerprint density at radius 1 is 1.64 bits per heavy atom. The molecule has 0 radical (unpaired) electrons. The van der Waals surface area contributed by atoms with Crippen LogP contribution in [0.15, 0.2) is 24.5 Å². The largest absolute Gasteiger partial charge is 0.289 e. The predicted octanol–water partition coefficient (Wildman–Crippen LogP) is 0.267. The lowest BCUT2D eigenvalue weighted by atomic mass is 10.1. The first-order valence-electron chi connectivity index (χ1n) is 3.98. The molecule has 5 nitrogen and oxygen atoms in total. The van der Waals surface area contributed by atoms with E-state index in [1.54, 1.807) is 18.5 Å². The van der Waals surface area contributed by atoms with Crippen molar-refractivity contribution < 1.29 is 13.6 Å². The van der Waals surface area contributed by atoms with Crippen LogP contribution in [0.3, 0.4) is 0 Å². The van der Waals surface area contributed by atoms with Gasteiger partial charge in [-0.1, -0.05) is 6.07 Å². The van der Waals surface area contributed by atoms with Gasteiger partial charge in [0.05, 0.1) is 0 Å². The van der Waals surface area contributed by atoms with Crippen LogP contribution in [0.1, 0.15) is 12.0 Å². The molecule has 1 heterocycles. The Hall–Kier alpha value is -1.27. The standard InChI is InChI=1S/C8H10N2O3S/c11-8(10-14(12)13)4-3-7-2-1-5-9-6-7/h1-2,5-6H,3-4H2,(H,10,11)(H,12,13). The van der Waals surface area contributed by atoms with Gasteiger partial charge < -0.3 is 0 Å². The molecule has 1 unspecified atom stereocenters. The van der Waals surface area contributed by atoms with Crippen molar-refractivity contribution >= 4 is 17.2 Å². The third-order valence-electron chi connectivity index (χ3n) is 1.56. The van der Waals surface area contributed by atoms with Gasteiger partial charge in [-0.25, -0.2) is 4.21 Å². The summed E-state index contributed by atoms with van der Waals surface area (Å²) < 4.78 is 20.4. The first-order valence-corrected chi connectivity index (χ1v) is 5.08. The number of aromatic nitrogens is 1. The average Bonchev–Trinajstić information content (AvgIpc) is 2.15. The summed E-state index contributed by atoms with van der Waals surface area (Å²) in [6.07, 6.45) is 3.99. The average molecular weight is 214 g/mol. The lowest BCUT2D eigenvalue weighted by Crippen LogP contribution is -2.25. The van der Waals surface area contributed by atoms with Crippen LogP contribution in [0.25, 0.3) is 0 Å². The normalized spacial score (nSPS) is 12.1. The highest BCUT2D eigenvalue weighted by molar-refractivity contribution is 7.77. The van der Waals surface area contributed by atoms with E-state index in [2.05, 4.69) is 4.98 Å². The fourth-order valence-electron chi connectivity index (χ4n) is 0.952. The van der Waals surface area contributed by atoms with Crippen molar-refractivity contribution in [2.75, 3.05) is 0 Å². The van der Waals surface area contributed by atoms with Crippen molar-refractivity contribution in [2.45, 2.75) is 12.8 Å². The Morgan fingerprint density at radius 2 is 2.43 bits per heavy atom. The molecule has 1 amide bonds. The predicted molar refractivity (Wildman–Crippen MR) is 51.5 cm³/mol. The maximum absolute atomic E-state index is 10.9. The van der Waals surface area contributed by atoms with E-state index in [1.165, 1.54) is 0 Å². The fraction of sp³-hybridized carbons (Fsp3) is 0.250. The molecular weight excluding hydrogens is 204 g/mol. The van der Waals surface area contributed by atoms with Crippen molar-refractivity contribution in [3.05, 3.63) is 30.1 Å². The van der Waals surface area contributed by atoms with Gasteiger partial charge in [-0.2, -0.15) is 0 Å². The quantitative estimate of drug-likeness (QED) is 0.705. The van der Waals surface area contributed by atoms with Crippen molar-refractivity contribution in [1.82, 2.24) is 9.71 Å². The van der Waals surface area contributed by atoms with Crippen LogP contribution in [0, 0.1) is 0 Å². The van der Waals surface area contributed by atoms with Gasteiger partial charge in [0.2, 0.25) is 5.91 Å². The summed E-state index contributed by atoms with van der Waals surface area (Å²) in [6.45, 7) is 0. The molecule has 1 atom stereocenters. The molecule has 0 aromatic carbocycles. The Balaban J connectivity index is 2.34. The lowest BCUT2D eigenvalue weighted by molar-refractivity contribution is -0.119. The topological polar surface area (TPSA) is 79.3 Å². The molecule has 76 valence electrons. The van der Waals surface area contributed by atoms with Crippen molar-refractivity contribution in [1.29, 1.82) is 0 Å². The van der Waals surface area contributed by atoms with E-state index in [1.807, 2.05) is 10.8 Å². The highest BCUT2D eigenvalue weighted by Crippen LogP contribution is 1.99. The van der Waals surface area contributed by atoms with E-state index in [0.717, 1.165) is 5.56 Å². The summed E-state index contributed by atoms with van der Waals surface area (Å²) in [5, 5.41) is 0. The van der Waals surface area contributed by atoms with E-state index in [-0.39, 0.29) is 6.42 Å². The third kappa shape index (κ3) is 4.11. The number of hydrogen-bond donors (Lipinski definition) is 2. The zero-order chi connectivity index (χ0) is 10.4. The van der Waals surface area contributed by atoms with Gasteiger partial charge >= 0.3 is 0 Å². The van der Waals surface area contributed by atoms with Crippen molar-refractivity contribution in [2.24, 2.45) is 0 Å². The van der Waals surface area contributed by atoms with Crippen LogP contribution >= 0.6 is 0 Å². The molecule has 0 saturated heterocycles. The van der Waals surface area contributed by atoms with Crippen molar-refractivity contribution in [3.8, 4) is 0 Å². The van der Waals surface area contributed by atoms with Crippen LogP contribution in [0.2, 0.25) is 0 Å². The maximum Gasteiger partial charge on any atom is 0.261 e. The number of nitrogens with zero attached hydrogens (tertiary/aromatic N) is 1. The van der Waals surface area contributed by atoms with Crippen LogP contribution in [-0.4, -0.2) is 19.7 Å². The molecule has 6 heteroatoms. The van der Waals surface area contributed by atoms with E-state index in [9.17, 15) is 9.00 Å². The molecule has 0 fully saturated rings. The van der Waals surface area contributed by atoms with Gasteiger partial charge in [0, 0.05) is 18.8 Å². The Bertz CT molecular complexity index is 329. The summed E-state index contributed by atoms with van der Waals surface area (Å²) in [5.41, 5.74) is 0.923. The maximum atomic E-state index is 10.9. The number of rotatable bonds is 4. The van der Waals surface area contributed by atoms with Crippen LogP contribution < -0.4 is 4.72 Å². The first-order chi connectivity index (χ1) is 6.68. The van der Waals surface area contributed by atoms with Gasteiger partial charge in [-0.3, -0.25) is 19.1 Å². The Kier molecular flexibility index (Phi) is 4.21. The second-order valence-electron chi connectivity index (χ2n) is 2.64. The van der Waals surface area contributed by atoms with Gasteiger partial charge in [0.25, 0.3) is 11.3 Å². The molecule has 0 bridgehead atoms. The van der Waals surface area contributed by atoms with Gasteiger partial charge in [-0.15, -0.1) is 0 Å². The molecule has 0 aliphatic rings. The number of carbonyl (C=O) groups is 1. The second-order valence-corrected chi connectivity index (χ2v) is 3.34. The summed E-state index contributed by atoms with van der Waals surface area (Å²) >= 11 is -2.27. The fourth-order valence-corrected chi connectivity index (χ4v) is 1.25. The van der Waals surface area contributed by atoms with Crippen LogP contribution in [-0.2, 0) is 22.5 Å². The van der Waals surface area contributed by atoms with E-state index in [4.69, 9.17) is 4.55 Å². The first kappa shape index (κ1) is 10.8. The molecule has 0 spiro atoms. The summed E-state index contributed by atoms with van der Waals surface area (Å²) in [6, 6.07) is 3.62. The number of amides is 1. The lowest BCUT2D eigenvalue weighted by Gasteiger charge is -2.00. The molecular formula is C8H10N2O3S. The monoisotopic (exact) mass is 214 g/mol. The van der Waals surface area contributed by atoms with Crippen LogP contribution in [0.4, 0.5) is 0 Å². The minimum absolute atomic E-state index is 0.179. The highest BCUT2D eigenvalue weighted by Gasteiger charge is 2.03. The van der Waals surface area contributed by atoms with E-state index in [0.29, 0.717) is 6.42 Å². The number of pyridine rings is 1. The minimum atomic E-state index is -2.27. The number of nitrogens with one attached hydrogen (secondary N) is 1. The third-order valence-corrected chi connectivity index (χ3v) is 1.97. The van der Waals surface area contributed by atoms with E-state index < -0.39 is 17.2 Å². The zero-order valence-electron chi connectivity index (χ0n) is 7.34. The second kappa shape index (κ2) is 5.46. The number of hydrogen-bond acceptors (Lipinski definition) is 3. The molecule has 1 rings (SSSR count). The SMILES string of the molecule is O=C(CCc1cccnc1)NS(=O)O. The Morgan fingerprint density at radius 3 is 3.00 bits per heavy atom. The summed E-state index contributed by atoms with van der Waals surface area (Å²) in [5.74, 6) is -0.449. The molecule has 2 N–H and O–H groups in total. The van der Waals surface area contributed by atoms with Crippen molar-refractivity contribution in [3.63, 3.8) is 0 Å². The molecule has 0 aliphatic heterocycles. The van der Waals surface area contributed by atoms with Gasteiger partial charge in [0.15, 0.2) is 0 Å². The Labute approximate surface area is 84.0 Å². The van der Waals surface area contributed by atoms with E-state index >= 15 is 0 Å². The molecule has 0 aliphatic carbocycles. The smallest absolute Gasteiger partial charge is 0.261 e. The number of aryl methyl sites for hydroxylation is 1. The molecule has 0 saturated carbocycles. The van der Waals surface area contributed by atoms with Crippen LogP contribution in [0.5, 0.6) is 0 Å². The van der Waals surface area contributed by atoms with Gasteiger partial charge in [-0.05, 0) is 18.1 Å². The summed E-state index contributed by atoms with van der Waals surface area (Å²) in [4.78, 5) is 14.8. The summed E-state index contributed by atoms with van der Waals surface area (Å²) in [7, 11) is 0. The molecule has 14 heavy (non-hydrogen) atoms. The number of carbonyl (C=O) groups excluding carboxylic acids is 1. The highest BCUT2D eigenvalue weighted by atomic mass is 32.2.